The summed E-state index contributed by atoms with van der Waals surface area (Å²) < 4.78 is 40.0. The molecule has 0 aromatic heterocycles. The molecule has 0 atom stereocenters. The molecule has 0 aromatic rings. The summed E-state index contributed by atoms with van der Waals surface area (Å²) in [6.07, 6.45) is 40.2. The van der Waals surface area contributed by atoms with Crippen molar-refractivity contribution in [1.29, 1.82) is 0 Å². The van der Waals surface area contributed by atoms with Gasteiger partial charge in [-0.15, -0.1) is 0 Å². The van der Waals surface area contributed by atoms with Gasteiger partial charge in [-0.3, -0.25) is 8.42 Å². The monoisotopic (exact) mass is 655 g/mol. The second-order valence-electron chi connectivity index (χ2n) is 13.6. The van der Waals surface area contributed by atoms with Gasteiger partial charge in [0.25, 0.3) is 0 Å². The number of quaternary nitrogens is 2. The standard InChI is InChI=1S/C36H74O.2H3N.H2O4S/c1-35(2)31-27-23-19-15-11-7-5-9-13-17-21-25-29-33-37-34-30-26-22-18-14-10-6-8-12-16-20-24-28-32-36(3)4;;;1-5(2,3)4/h35-36H,5-34H2,1-4H3;2*1H3;(H2,1,2,3,4). The van der Waals surface area contributed by atoms with Gasteiger partial charge in [-0.25, -0.2) is 0 Å². The number of hydrogen-bond acceptors (Lipinski definition) is 5. The van der Waals surface area contributed by atoms with Crippen LogP contribution in [0.3, 0.4) is 0 Å². The zero-order chi connectivity index (χ0) is 31.6. The summed E-state index contributed by atoms with van der Waals surface area (Å²) in [5.74, 6) is 1.78. The summed E-state index contributed by atoms with van der Waals surface area (Å²) >= 11 is 0. The Hall–Kier alpha value is -0.250. The Kier molecular flexibility index (Phi) is 46.9. The summed E-state index contributed by atoms with van der Waals surface area (Å²) in [5.41, 5.74) is 0. The molecule has 0 bridgehead atoms. The highest BCUT2D eigenvalue weighted by atomic mass is 32.3. The van der Waals surface area contributed by atoms with Crippen LogP contribution in [0.2, 0.25) is 0 Å². The summed E-state index contributed by atoms with van der Waals surface area (Å²) in [6.45, 7) is 11.4. The smallest absolute Gasteiger partial charge is 0.0466 e. The number of ether oxygens (including phenoxy) is 1. The van der Waals surface area contributed by atoms with Gasteiger partial charge in [0.15, 0.2) is 0 Å². The van der Waals surface area contributed by atoms with Crippen molar-refractivity contribution in [1.82, 2.24) is 12.3 Å². The van der Waals surface area contributed by atoms with Crippen molar-refractivity contribution < 1.29 is 22.3 Å². The average Bonchev–Trinajstić information content (AvgIpc) is 2.90. The summed E-state index contributed by atoms with van der Waals surface area (Å²) in [4.78, 5) is 0. The zero-order valence-electron chi connectivity index (χ0n) is 30.8. The molecule has 0 radical (unpaired) electrons. The molecule has 0 unspecified atom stereocenters. The Labute approximate surface area is 277 Å². The molecule has 0 heterocycles. The van der Waals surface area contributed by atoms with E-state index in [1.165, 1.54) is 180 Å². The normalized spacial score (nSPS) is 11.3. The fourth-order valence-corrected chi connectivity index (χ4v) is 5.50. The third-order valence-corrected chi connectivity index (χ3v) is 8.14. The molecule has 8 N–H and O–H groups in total. The van der Waals surface area contributed by atoms with E-state index in [4.69, 9.17) is 22.3 Å². The molecule has 0 aliphatic heterocycles. The molecule has 0 aliphatic rings. The van der Waals surface area contributed by atoms with Crippen molar-refractivity contribution in [2.45, 2.75) is 207 Å². The molecular formula is C36H82N2O5S. The first-order chi connectivity index (χ1) is 20.1. The first kappa shape index (κ1) is 50.6. The minimum atomic E-state index is -5.17. The van der Waals surface area contributed by atoms with E-state index < -0.39 is 10.4 Å². The van der Waals surface area contributed by atoms with Crippen molar-refractivity contribution in [3.63, 3.8) is 0 Å². The lowest BCUT2D eigenvalue weighted by atomic mass is 10.0. The van der Waals surface area contributed by atoms with E-state index in [1.807, 2.05) is 0 Å². The topological polar surface area (TPSA) is 162 Å². The van der Waals surface area contributed by atoms with E-state index in [-0.39, 0.29) is 12.3 Å². The lowest BCUT2D eigenvalue weighted by molar-refractivity contribution is 0.125. The van der Waals surface area contributed by atoms with Crippen LogP contribution >= 0.6 is 0 Å². The van der Waals surface area contributed by atoms with E-state index in [2.05, 4.69) is 27.7 Å². The van der Waals surface area contributed by atoms with Crippen LogP contribution in [0.4, 0.5) is 0 Å². The molecule has 0 fully saturated rings. The highest BCUT2D eigenvalue weighted by Gasteiger charge is 1.98. The van der Waals surface area contributed by atoms with Gasteiger partial charge in [0.05, 0.1) is 0 Å². The largest absolute Gasteiger partial charge is 0.759 e. The maximum absolute atomic E-state index is 8.52. The Balaban J connectivity index is -0.00000105. The summed E-state index contributed by atoms with van der Waals surface area (Å²) in [5, 5.41) is 0. The van der Waals surface area contributed by atoms with Gasteiger partial charge < -0.3 is 26.1 Å². The van der Waals surface area contributed by atoms with Crippen molar-refractivity contribution in [3.8, 4) is 0 Å². The number of rotatable bonds is 32. The Bertz CT molecular complexity index is 559. The van der Waals surface area contributed by atoms with Crippen LogP contribution in [0, 0.1) is 11.8 Å². The minimum absolute atomic E-state index is 0. The fourth-order valence-electron chi connectivity index (χ4n) is 5.50. The predicted molar refractivity (Wildman–Crippen MR) is 192 cm³/mol. The summed E-state index contributed by atoms with van der Waals surface area (Å²) in [7, 11) is -5.17. The first-order valence-corrected chi connectivity index (χ1v) is 19.7. The van der Waals surface area contributed by atoms with Crippen molar-refractivity contribution in [2.24, 2.45) is 11.8 Å². The maximum Gasteiger partial charge on any atom is 0.0466 e. The van der Waals surface area contributed by atoms with Crippen LogP contribution < -0.4 is 12.3 Å². The number of hydrogen-bond donors (Lipinski definition) is 2. The van der Waals surface area contributed by atoms with Crippen LogP contribution in [0.25, 0.3) is 0 Å². The van der Waals surface area contributed by atoms with Gasteiger partial charge >= 0.3 is 0 Å². The molecule has 0 aliphatic carbocycles. The van der Waals surface area contributed by atoms with Gasteiger partial charge in [0, 0.05) is 23.6 Å². The molecule has 0 aromatic carbocycles. The van der Waals surface area contributed by atoms with E-state index in [0.29, 0.717) is 0 Å². The molecule has 272 valence electrons. The third-order valence-electron chi connectivity index (χ3n) is 8.14. The molecule has 0 amide bonds. The van der Waals surface area contributed by atoms with Crippen LogP contribution in [0.5, 0.6) is 0 Å². The predicted octanol–water partition coefficient (Wildman–Crippen LogP) is 12.7. The van der Waals surface area contributed by atoms with Crippen molar-refractivity contribution >= 4 is 10.4 Å². The van der Waals surface area contributed by atoms with Crippen molar-refractivity contribution in [3.05, 3.63) is 0 Å². The molecular weight excluding hydrogens is 572 g/mol. The van der Waals surface area contributed by atoms with Gasteiger partial charge in [-0.2, -0.15) is 0 Å². The lowest BCUT2D eigenvalue weighted by Crippen LogP contribution is -1.97. The molecule has 0 saturated heterocycles. The number of unbranched alkanes of at least 4 members (excludes halogenated alkanes) is 24. The molecule has 0 spiro atoms. The maximum atomic E-state index is 8.52. The van der Waals surface area contributed by atoms with Crippen LogP contribution in [-0.4, -0.2) is 30.7 Å². The van der Waals surface area contributed by atoms with E-state index in [9.17, 15) is 0 Å². The van der Waals surface area contributed by atoms with E-state index in [0.717, 1.165) is 25.0 Å². The summed E-state index contributed by atoms with van der Waals surface area (Å²) in [6, 6.07) is 0. The van der Waals surface area contributed by atoms with Crippen LogP contribution in [0.1, 0.15) is 207 Å². The SMILES string of the molecule is CC(C)CCCCCCCCCCCCCCCOCCCCCCCCCCCCCCCC(C)C.O=S(=O)([O-])[O-].[NH4+].[NH4+]. The Morgan fingerprint density at radius 1 is 0.386 bits per heavy atom. The quantitative estimate of drug-likeness (QED) is 0.0418. The van der Waals surface area contributed by atoms with Gasteiger partial charge in [-0.05, 0) is 24.7 Å². The molecule has 0 saturated carbocycles. The third kappa shape index (κ3) is 60.9. The van der Waals surface area contributed by atoms with E-state index in [1.54, 1.807) is 0 Å². The van der Waals surface area contributed by atoms with E-state index >= 15 is 0 Å². The highest BCUT2D eigenvalue weighted by molar-refractivity contribution is 7.79. The van der Waals surface area contributed by atoms with Gasteiger partial charge in [-0.1, -0.05) is 195 Å². The second kappa shape index (κ2) is 40.8. The van der Waals surface area contributed by atoms with Gasteiger partial charge in [0.2, 0.25) is 0 Å². The highest BCUT2D eigenvalue weighted by Crippen LogP contribution is 2.16. The van der Waals surface area contributed by atoms with Crippen LogP contribution in [0.15, 0.2) is 0 Å². The molecule has 7 nitrogen and oxygen atoms in total. The zero-order valence-corrected chi connectivity index (χ0v) is 31.6. The molecule has 8 heteroatoms. The molecule has 44 heavy (non-hydrogen) atoms. The fraction of sp³-hybridized carbons (Fsp3) is 1.00. The average molecular weight is 655 g/mol. The molecule has 0 rings (SSSR count). The Morgan fingerprint density at radius 2 is 0.545 bits per heavy atom. The Morgan fingerprint density at radius 3 is 0.727 bits per heavy atom. The van der Waals surface area contributed by atoms with Crippen LogP contribution in [-0.2, 0) is 15.1 Å². The van der Waals surface area contributed by atoms with Crippen molar-refractivity contribution in [2.75, 3.05) is 13.2 Å². The van der Waals surface area contributed by atoms with Gasteiger partial charge in [0.1, 0.15) is 0 Å². The minimum Gasteiger partial charge on any atom is -0.759 e. The second-order valence-corrected chi connectivity index (χ2v) is 14.4. The first-order valence-electron chi connectivity index (χ1n) is 18.4. The lowest BCUT2D eigenvalue weighted by Gasteiger charge is -2.06.